The monoisotopic (exact) mass is 382 g/mol. The van der Waals surface area contributed by atoms with Crippen molar-refractivity contribution >= 4 is 32.8 Å². The van der Waals surface area contributed by atoms with Crippen molar-refractivity contribution in [2.24, 2.45) is 10.2 Å². The average molecular weight is 382 g/mol. The zero-order valence-corrected chi connectivity index (χ0v) is 14.7. The van der Waals surface area contributed by atoms with E-state index in [1.807, 2.05) is 18.2 Å². The predicted molar refractivity (Wildman–Crippen MR) is 101 cm³/mol. The van der Waals surface area contributed by atoms with Crippen LogP contribution < -0.4 is 4.72 Å². The molecule has 0 atom stereocenters. The summed E-state index contributed by atoms with van der Waals surface area (Å²) in [7, 11) is -4.10. The minimum absolute atomic E-state index is 0.256. The molecule has 0 unspecified atom stereocenters. The first kappa shape index (κ1) is 18.2. The molecule has 136 valence electrons. The smallest absolute Gasteiger partial charge is 0.279 e. The molecule has 0 aliphatic rings. The number of rotatable bonds is 6. The van der Waals surface area contributed by atoms with Gasteiger partial charge in [-0.25, -0.2) is 8.42 Å². The maximum Gasteiger partial charge on any atom is 0.289 e. The summed E-state index contributed by atoms with van der Waals surface area (Å²) in [5.74, 6) is 0. The molecule has 0 saturated carbocycles. The number of hydrogen-bond acceptors (Lipinski definition) is 6. The summed E-state index contributed by atoms with van der Waals surface area (Å²) in [6, 6.07) is 20.5. The second kappa shape index (κ2) is 7.75. The zero-order valence-electron chi connectivity index (χ0n) is 13.9. The van der Waals surface area contributed by atoms with Gasteiger partial charge in [-0.05, 0) is 42.5 Å². The summed E-state index contributed by atoms with van der Waals surface area (Å²) in [6.07, 6.45) is 0. The van der Waals surface area contributed by atoms with Crippen molar-refractivity contribution < 1.29 is 13.3 Å². The number of hydrogen-bond donors (Lipinski definition) is 1. The first-order chi connectivity index (χ1) is 13.0. The predicted octanol–water partition coefficient (Wildman–Crippen LogP) is 4.81. The fourth-order valence-electron chi connectivity index (χ4n) is 2.25. The van der Waals surface area contributed by atoms with E-state index in [0.29, 0.717) is 11.4 Å². The third-order valence-corrected chi connectivity index (χ3v) is 4.94. The summed E-state index contributed by atoms with van der Waals surface area (Å²) in [6.45, 7) is 0. The van der Waals surface area contributed by atoms with Gasteiger partial charge < -0.3 is 0 Å². The van der Waals surface area contributed by atoms with Gasteiger partial charge in [0.05, 0.1) is 16.3 Å². The van der Waals surface area contributed by atoms with Crippen molar-refractivity contribution in [3.63, 3.8) is 0 Å². The number of nitrogens with one attached hydrogen (secondary N) is 1. The SMILES string of the molecule is O=[N+]([O-])c1ccccc1S(=O)(=O)Nc1ccc(N=Nc2ccccc2)cc1. The average Bonchev–Trinajstić information content (AvgIpc) is 2.68. The minimum Gasteiger partial charge on any atom is -0.279 e. The first-order valence-corrected chi connectivity index (χ1v) is 9.27. The van der Waals surface area contributed by atoms with Crippen molar-refractivity contribution in [1.82, 2.24) is 0 Å². The van der Waals surface area contributed by atoms with E-state index in [9.17, 15) is 18.5 Å². The molecule has 9 heteroatoms. The van der Waals surface area contributed by atoms with Crippen molar-refractivity contribution in [3.8, 4) is 0 Å². The highest BCUT2D eigenvalue weighted by Crippen LogP contribution is 2.26. The van der Waals surface area contributed by atoms with Crippen molar-refractivity contribution in [2.45, 2.75) is 4.90 Å². The highest BCUT2D eigenvalue weighted by atomic mass is 32.2. The van der Waals surface area contributed by atoms with E-state index in [4.69, 9.17) is 0 Å². The molecular formula is C18H14N4O4S. The molecule has 0 amide bonds. The van der Waals surface area contributed by atoms with Gasteiger partial charge in [-0.1, -0.05) is 30.3 Å². The van der Waals surface area contributed by atoms with Gasteiger partial charge in [-0.2, -0.15) is 10.2 Å². The fourth-order valence-corrected chi connectivity index (χ4v) is 3.48. The molecule has 8 nitrogen and oxygen atoms in total. The van der Waals surface area contributed by atoms with Crippen LogP contribution in [0, 0.1) is 10.1 Å². The first-order valence-electron chi connectivity index (χ1n) is 7.79. The van der Waals surface area contributed by atoms with Crippen LogP contribution in [-0.4, -0.2) is 13.3 Å². The fraction of sp³-hybridized carbons (Fsp3) is 0. The maximum absolute atomic E-state index is 12.5. The van der Waals surface area contributed by atoms with Gasteiger partial charge in [0.1, 0.15) is 0 Å². The van der Waals surface area contributed by atoms with E-state index in [0.717, 1.165) is 6.07 Å². The Morgan fingerprint density at radius 3 is 1.96 bits per heavy atom. The van der Waals surface area contributed by atoms with E-state index in [1.165, 1.54) is 30.3 Å². The summed E-state index contributed by atoms with van der Waals surface area (Å²) >= 11 is 0. The Labute approximate surface area is 155 Å². The molecule has 1 N–H and O–H groups in total. The highest BCUT2D eigenvalue weighted by Gasteiger charge is 2.25. The van der Waals surface area contributed by atoms with Crippen LogP contribution in [0.5, 0.6) is 0 Å². The second-order valence-electron chi connectivity index (χ2n) is 5.41. The quantitative estimate of drug-likeness (QED) is 0.374. The number of para-hydroxylation sites is 1. The molecule has 3 aromatic carbocycles. The molecule has 0 bridgehead atoms. The van der Waals surface area contributed by atoms with Crippen LogP contribution in [0.25, 0.3) is 0 Å². The van der Waals surface area contributed by atoms with Crippen LogP contribution in [0.15, 0.2) is 94.0 Å². The molecule has 3 rings (SSSR count). The van der Waals surface area contributed by atoms with Gasteiger partial charge >= 0.3 is 0 Å². The standard InChI is InChI=1S/C18H14N4O4S/c23-22(24)17-8-4-5-9-18(17)27(25,26)21-16-12-10-15(11-13-16)20-19-14-6-2-1-3-7-14/h1-13,21H. The van der Waals surface area contributed by atoms with Crippen LogP contribution in [0.1, 0.15) is 0 Å². The molecule has 0 heterocycles. The number of sulfonamides is 1. The van der Waals surface area contributed by atoms with Gasteiger partial charge in [0.15, 0.2) is 4.90 Å². The Balaban J connectivity index is 1.78. The number of nitro groups is 1. The molecule has 0 radical (unpaired) electrons. The number of benzene rings is 3. The molecule has 0 saturated heterocycles. The lowest BCUT2D eigenvalue weighted by atomic mass is 10.3. The number of nitrogens with zero attached hydrogens (tertiary/aromatic N) is 3. The van der Waals surface area contributed by atoms with Crippen molar-refractivity contribution in [2.75, 3.05) is 4.72 Å². The Kier molecular flexibility index (Phi) is 5.23. The van der Waals surface area contributed by atoms with E-state index in [2.05, 4.69) is 15.0 Å². The third kappa shape index (κ3) is 4.53. The van der Waals surface area contributed by atoms with Crippen LogP contribution >= 0.6 is 0 Å². The highest BCUT2D eigenvalue weighted by molar-refractivity contribution is 7.92. The molecular weight excluding hydrogens is 368 g/mol. The molecule has 0 aliphatic carbocycles. The maximum atomic E-state index is 12.5. The summed E-state index contributed by atoms with van der Waals surface area (Å²) in [5, 5.41) is 19.2. The summed E-state index contributed by atoms with van der Waals surface area (Å²) < 4.78 is 27.3. The lowest BCUT2D eigenvalue weighted by Crippen LogP contribution is -2.14. The van der Waals surface area contributed by atoms with Crippen LogP contribution in [0.2, 0.25) is 0 Å². The lowest BCUT2D eigenvalue weighted by molar-refractivity contribution is -0.387. The van der Waals surface area contributed by atoms with E-state index < -0.39 is 25.5 Å². The van der Waals surface area contributed by atoms with Crippen LogP contribution in [-0.2, 0) is 10.0 Å². The van der Waals surface area contributed by atoms with Gasteiger partial charge in [-0.3, -0.25) is 14.8 Å². The summed E-state index contributed by atoms with van der Waals surface area (Å²) in [5.41, 5.74) is 0.997. The van der Waals surface area contributed by atoms with E-state index >= 15 is 0 Å². The largest absolute Gasteiger partial charge is 0.289 e. The Hall–Kier alpha value is -3.59. The lowest BCUT2D eigenvalue weighted by Gasteiger charge is -2.08. The molecule has 0 spiro atoms. The van der Waals surface area contributed by atoms with Gasteiger partial charge in [0.25, 0.3) is 15.7 Å². The minimum atomic E-state index is -4.10. The molecule has 0 aromatic heterocycles. The third-order valence-electron chi connectivity index (χ3n) is 3.51. The molecule has 3 aromatic rings. The topological polar surface area (TPSA) is 114 Å². The molecule has 0 aliphatic heterocycles. The van der Waals surface area contributed by atoms with Crippen LogP contribution in [0.4, 0.5) is 22.7 Å². The van der Waals surface area contributed by atoms with Crippen molar-refractivity contribution in [3.05, 3.63) is 89.0 Å². The Morgan fingerprint density at radius 1 is 0.778 bits per heavy atom. The number of anilines is 1. The normalized spacial score (nSPS) is 11.4. The van der Waals surface area contributed by atoms with Gasteiger partial charge in [-0.15, -0.1) is 0 Å². The van der Waals surface area contributed by atoms with E-state index in [1.54, 1.807) is 24.3 Å². The Bertz CT molecular complexity index is 1080. The van der Waals surface area contributed by atoms with Crippen LogP contribution in [0.3, 0.4) is 0 Å². The molecule has 0 fully saturated rings. The Morgan fingerprint density at radius 2 is 1.33 bits per heavy atom. The van der Waals surface area contributed by atoms with Gasteiger partial charge in [0.2, 0.25) is 0 Å². The summed E-state index contributed by atoms with van der Waals surface area (Å²) in [4.78, 5) is 9.91. The molecule has 27 heavy (non-hydrogen) atoms. The van der Waals surface area contributed by atoms with Crippen molar-refractivity contribution in [1.29, 1.82) is 0 Å². The van der Waals surface area contributed by atoms with E-state index in [-0.39, 0.29) is 5.69 Å². The van der Waals surface area contributed by atoms with Gasteiger partial charge in [0, 0.05) is 11.8 Å². The second-order valence-corrected chi connectivity index (χ2v) is 7.06. The number of nitro benzene ring substituents is 1. The zero-order chi connectivity index (χ0) is 19.3. The number of azo groups is 1.